The molecule has 9 heteroatoms. The Bertz CT molecular complexity index is 763. The summed E-state index contributed by atoms with van der Waals surface area (Å²) in [4.78, 5) is 6.46. The lowest BCUT2D eigenvalue weighted by Gasteiger charge is -2.24. The fourth-order valence-corrected chi connectivity index (χ4v) is 2.74. The van der Waals surface area contributed by atoms with Gasteiger partial charge in [0.2, 0.25) is 0 Å². The minimum Gasteiger partial charge on any atom is -0.493 e. The predicted octanol–water partition coefficient (Wildman–Crippen LogP) is 2.74. The Balaban J connectivity index is 0.00000392. The average Bonchev–Trinajstić information content (AvgIpc) is 3.07. The van der Waals surface area contributed by atoms with E-state index in [0.717, 1.165) is 17.0 Å². The van der Waals surface area contributed by atoms with E-state index < -0.39 is 0 Å². The third kappa shape index (κ3) is 6.55. The Morgan fingerprint density at radius 2 is 2.07 bits per heavy atom. The second-order valence-electron chi connectivity index (χ2n) is 6.30. The molecule has 1 unspecified atom stereocenters. The van der Waals surface area contributed by atoms with Gasteiger partial charge in [0.25, 0.3) is 0 Å². The molecule has 0 saturated heterocycles. The number of nitrogens with zero attached hydrogens (tertiary/aromatic N) is 4. The molecule has 156 valence electrons. The number of hydrogen-bond acceptors (Lipinski definition) is 5. The number of anilines is 1. The van der Waals surface area contributed by atoms with Crippen LogP contribution in [0.25, 0.3) is 0 Å². The third-order valence-corrected chi connectivity index (χ3v) is 4.15. The standard InChI is InChI=1S/C19H30N6O2.HI/c1-7-27-17-9-8-15(10-18(17)26-6)23-19(20-2)21-12-16(24(3)4)14-11-22-25(5)13-14;/h8-11,13,16H,7,12H2,1-6H3,(H2,20,21,23);1H. The number of halogens is 1. The van der Waals surface area contributed by atoms with Crippen molar-refractivity contribution >= 4 is 35.6 Å². The number of hydrogen-bond donors (Lipinski definition) is 2. The maximum Gasteiger partial charge on any atom is 0.195 e. The lowest BCUT2D eigenvalue weighted by atomic mass is 10.1. The van der Waals surface area contributed by atoms with Gasteiger partial charge in [-0.3, -0.25) is 9.67 Å². The number of aryl methyl sites for hydroxylation is 1. The first-order valence-corrected chi connectivity index (χ1v) is 8.92. The number of aromatic nitrogens is 2. The quantitative estimate of drug-likeness (QED) is 0.329. The van der Waals surface area contributed by atoms with Crippen molar-refractivity contribution in [2.45, 2.75) is 13.0 Å². The van der Waals surface area contributed by atoms with Gasteiger partial charge in [-0.05, 0) is 33.2 Å². The minimum atomic E-state index is 0. The highest BCUT2D eigenvalue weighted by molar-refractivity contribution is 14.0. The maximum atomic E-state index is 5.56. The van der Waals surface area contributed by atoms with Crippen LogP contribution in [0.1, 0.15) is 18.5 Å². The third-order valence-electron chi connectivity index (χ3n) is 4.15. The van der Waals surface area contributed by atoms with Gasteiger partial charge in [-0.15, -0.1) is 24.0 Å². The molecule has 1 atom stereocenters. The molecule has 2 N–H and O–H groups in total. The first-order chi connectivity index (χ1) is 13.0. The van der Waals surface area contributed by atoms with Gasteiger partial charge in [-0.2, -0.15) is 5.10 Å². The van der Waals surface area contributed by atoms with Crippen LogP contribution in [0.5, 0.6) is 11.5 Å². The summed E-state index contributed by atoms with van der Waals surface area (Å²) >= 11 is 0. The van der Waals surface area contributed by atoms with E-state index in [9.17, 15) is 0 Å². The molecule has 0 radical (unpaired) electrons. The van der Waals surface area contributed by atoms with Crippen molar-refractivity contribution in [3.05, 3.63) is 36.2 Å². The van der Waals surface area contributed by atoms with Crippen LogP contribution in [0.4, 0.5) is 5.69 Å². The summed E-state index contributed by atoms with van der Waals surface area (Å²) in [6, 6.07) is 5.89. The smallest absolute Gasteiger partial charge is 0.195 e. The summed E-state index contributed by atoms with van der Waals surface area (Å²) in [6.07, 6.45) is 3.92. The molecule has 0 aliphatic heterocycles. The Kier molecular flexibility index (Phi) is 10.1. The van der Waals surface area contributed by atoms with Crippen LogP contribution in [0.15, 0.2) is 35.6 Å². The van der Waals surface area contributed by atoms with Gasteiger partial charge in [-0.1, -0.05) is 0 Å². The van der Waals surface area contributed by atoms with Crippen LogP contribution in [0.3, 0.4) is 0 Å². The number of nitrogens with one attached hydrogen (secondary N) is 2. The van der Waals surface area contributed by atoms with E-state index in [4.69, 9.17) is 9.47 Å². The molecular formula is C19H31IN6O2. The van der Waals surface area contributed by atoms with E-state index >= 15 is 0 Å². The predicted molar refractivity (Wildman–Crippen MR) is 124 cm³/mol. The van der Waals surface area contributed by atoms with E-state index in [1.165, 1.54) is 0 Å². The topological polar surface area (TPSA) is 75.9 Å². The Morgan fingerprint density at radius 3 is 2.61 bits per heavy atom. The lowest BCUT2D eigenvalue weighted by Crippen LogP contribution is -2.37. The van der Waals surface area contributed by atoms with Crippen LogP contribution >= 0.6 is 24.0 Å². The normalized spacial score (nSPS) is 12.3. The highest BCUT2D eigenvalue weighted by Crippen LogP contribution is 2.30. The average molecular weight is 502 g/mol. The largest absolute Gasteiger partial charge is 0.493 e. The molecule has 0 aliphatic rings. The molecule has 2 aromatic rings. The van der Waals surface area contributed by atoms with Crippen LogP contribution < -0.4 is 20.1 Å². The maximum absolute atomic E-state index is 5.56. The number of benzene rings is 1. The number of guanidine groups is 1. The molecule has 1 heterocycles. The van der Waals surface area contributed by atoms with Crippen LogP contribution in [0, 0.1) is 0 Å². The molecule has 0 aliphatic carbocycles. The van der Waals surface area contributed by atoms with Crippen LogP contribution in [0.2, 0.25) is 0 Å². The Hall–Kier alpha value is -2.01. The SMILES string of the molecule is CCOc1ccc(NC(=NC)NCC(c2cnn(C)c2)N(C)C)cc1OC.I. The number of aliphatic imine (C=N–C) groups is 1. The molecule has 0 spiro atoms. The van der Waals surface area contributed by atoms with Gasteiger partial charge >= 0.3 is 0 Å². The molecular weight excluding hydrogens is 471 g/mol. The number of methoxy groups -OCH3 is 1. The number of rotatable bonds is 8. The summed E-state index contributed by atoms with van der Waals surface area (Å²) in [5.74, 6) is 2.08. The van der Waals surface area contributed by atoms with Gasteiger partial charge in [-0.25, -0.2) is 0 Å². The van der Waals surface area contributed by atoms with Crippen molar-refractivity contribution in [2.75, 3.05) is 46.7 Å². The van der Waals surface area contributed by atoms with Crippen molar-refractivity contribution in [1.82, 2.24) is 20.0 Å². The van der Waals surface area contributed by atoms with Gasteiger partial charge in [0.15, 0.2) is 17.5 Å². The molecule has 2 rings (SSSR count). The summed E-state index contributed by atoms with van der Waals surface area (Å²) in [6.45, 7) is 3.22. The number of likely N-dealkylation sites (N-methyl/N-ethyl adjacent to an activating group) is 1. The minimum absolute atomic E-state index is 0. The molecule has 8 nitrogen and oxygen atoms in total. The van der Waals surface area contributed by atoms with Gasteiger partial charge in [0.1, 0.15) is 0 Å². The Morgan fingerprint density at radius 1 is 1.32 bits per heavy atom. The molecule has 28 heavy (non-hydrogen) atoms. The second kappa shape index (κ2) is 11.7. The van der Waals surface area contributed by atoms with E-state index in [1.54, 1.807) is 14.2 Å². The van der Waals surface area contributed by atoms with Crippen molar-refractivity contribution in [2.24, 2.45) is 12.0 Å². The molecule has 0 bridgehead atoms. The molecule has 1 aromatic carbocycles. The van der Waals surface area contributed by atoms with E-state index in [-0.39, 0.29) is 30.0 Å². The van der Waals surface area contributed by atoms with E-state index in [2.05, 4.69) is 25.6 Å². The van der Waals surface area contributed by atoms with Crippen molar-refractivity contribution in [1.29, 1.82) is 0 Å². The van der Waals surface area contributed by atoms with Crippen molar-refractivity contribution in [3.63, 3.8) is 0 Å². The summed E-state index contributed by atoms with van der Waals surface area (Å²) in [7, 11) is 9.39. The monoisotopic (exact) mass is 502 g/mol. The van der Waals surface area contributed by atoms with Crippen LogP contribution in [-0.4, -0.2) is 62.0 Å². The van der Waals surface area contributed by atoms with Crippen molar-refractivity contribution < 1.29 is 9.47 Å². The fourth-order valence-electron chi connectivity index (χ4n) is 2.74. The molecule has 0 fully saturated rings. The first kappa shape index (κ1) is 24.0. The van der Waals surface area contributed by atoms with Gasteiger partial charge in [0.05, 0.1) is 26.0 Å². The van der Waals surface area contributed by atoms with E-state index in [1.807, 2.05) is 63.3 Å². The molecule has 0 amide bonds. The zero-order valence-electron chi connectivity index (χ0n) is 17.4. The Labute approximate surface area is 184 Å². The summed E-state index contributed by atoms with van der Waals surface area (Å²) in [5.41, 5.74) is 2.01. The van der Waals surface area contributed by atoms with Gasteiger partial charge in [0, 0.05) is 44.2 Å². The van der Waals surface area contributed by atoms with Gasteiger partial charge < -0.3 is 25.0 Å². The molecule has 0 saturated carbocycles. The lowest BCUT2D eigenvalue weighted by molar-refractivity contribution is 0.298. The van der Waals surface area contributed by atoms with Crippen molar-refractivity contribution in [3.8, 4) is 11.5 Å². The summed E-state index contributed by atoms with van der Waals surface area (Å²) in [5, 5.41) is 10.9. The second-order valence-corrected chi connectivity index (χ2v) is 6.30. The first-order valence-electron chi connectivity index (χ1n) is 8.92. The highest BCUT2D eigenvalue weighted by atomic mass is 127. The zero-order chi connectivity index (χ0) is 19.8. The highest BCUT2D eigenvalue weighted by Gasteiger charge is 2.16. The zero-order valence-corrected chi connectivity index (χ0v) is 19.7. The summed E-state index contributed by atoms with van der Waals surface area (Å²) < 4.78 is 12.8. The number of ether oxygens (including phenoxy) is 2. The fraction of sp³-hybridized carbons (Fsp3) is 0.474. The van der Waals surface area contributed by atoms with Crippen LogP contribution in [-0.2, 0) is 7.05 Å². The molecule has 1 aromatic heterocycles. The van der Waals surface area contributed by atoms with E-state index in [0.29, 0.717) is 24.9 Å².